The third-order valence-corrected chi connectivity index (χ3v) is 8.33. The van der Waals surface area contributed by atoms with Crippen molar-refractivity contribution in [3.63, 3.8) is 0 Å². The van der Waals surface area contributed by atoms with Gasteiger partial charge in [0, 0.05) is 25.2 Å². The van der Waals surface area contributed by atoms with Crippen molar-refractivity contribution in [2.24, 2.45) is 17.8 Å². The van der Waals surface area contributed by atoms with E-state index in [9.17, 15) is 9.18 Å². The number of carbonyl (C=O) groups is 1. The molecule has 3 nitrogen and oxygen atoms in total. The largest absolute Gasteiger partial charge is 0.338 e. The molecule has 3 aliphatic rings. The molecule has 2 aromatic carbocycles. The van der Waals surface area contributed by atoms with Crippen LogP contribution in [0.25, 0.3) is 0 Å². The van der Waals surface area contributed by atoms with Gasteiger partial charge in [-0.3, -0.25) is 4.79 Å². The molecule has 3 fully saturated rings. The van der Waals surface area contributed by atoms with Crippen LogP contribution in [-0.4, -0.2) is 48.4 Å². The van der Waals surface area contributed by atoms with E-state index < -0.39 is 0 Å². The molecule has 0 radical (unpaired) electrons. The zero-order valence-corrected chi connectivity index (χ0v) is 19.7. The van der Waals surface area contributed by atoms with Crippen LogP contribution < -0.4 is 0 Å². The SMILES string of the molecule is O=C(c1ccc(Cl)c(Cl)c1)N1C[C@@H](CN2CCC(c3ccc(F)cc3)CC2)[C@H](C2CC2)C1. The quantitative estimate of drug-likeness (QED) is 0.521. The first kappa shape index (κ1) is 22.2. The first-order chi connectivity index (χ1) is 15.5. The third kappa shape index (κ3) is 4.83. The number of amides is 1. The Morgan fingerprint density at radius 1 is 0.938 bits per heavy atom. The maximum atomic E-state index is 13.2. The van der Waals surface area contributed by atoms with E-state index in [1.54, 1.807) is 30.3 Å². The number of halogens is 3. The summed E-state index contributed by atoms with van der Waals surface area (Å²) < 4.78 is 13.2. The molecule has 1 saturated carbocycles. The summed E-state index contributed by atoms with van der Waals surface area (Å²) in [6, 6.07) is 12.2. The molecule has 0 aromatic heterocycles. The van der Waals surface area contributed by atoms with Crippen LogP contribution in [0, 0.1) is 23.6 Å². The Bertz CT molecular complexity index is 970. The minimum Gasteiger partial charge on any atom is -0.338 e. The topological polar surface area (TPSA) is 23.6 Å². The van der Waals surface area contributed by atoms with Gasteiger partial charge < -0.3 is 9.80 Å². The van der Waals surface area contributed by atoms with Crippen LogP contribution in [0.15, 0.2) is 42.5 Å². The standard InChI is InChI=1S/C26H29Cl2FN2O/c27-24-8-5-20(13-25(24)28)26(32)31-15-21(23(16-31)19-1-2-19)14-30-11-9-18(10-12-30)17-3-6-22(29)7-4-17/h3-8,13,18-19,21,23H,1-2,9-12,14-16H2/t21-,23+/m1/s1. The highest BCUT2D eigenvalue weighted by Gasteiger charge is 2.44. The van der Waals surface area contributed by atoms with Gasteiger partial charge >= 0.3 is 0 Å². The van der Waals surface area contributed by atoms with E-state index in [1.807, 2.05) is 17.0 Å². The Morgan fingerprint density at radius 3 is 2.31 bits per heavy atom. The van der Waals surface area contributed by atoms with E-state index in [-0.39, 0.29) is 11.7 Å². The number of carbonyl (C=O) groups excluding carboxylic acids is 1. The monoisotopic (exact) mass is 474 g/mol. The normalized spacial score (nSPS) is 24.8. The van der Waals surface area contributed by atoms with Gasteiger partial charge in [0.25, 0.3) is 5.91 Å². The lowest BCUT2D eigenvalue weighted by Crippen LogP contribution is -2.39. The van der Waals surface area contributed by atoms with Crippen LogP contribution in [0.3, 0.4) is 0 Å². The molecule has 5 rings (SSSR count). The highest BCUT2D eigenvalue weighted by atomic mass is 35.5. The van der Waals surface area contributed by atoms with Crippen molar-refractivity contribution < 1.29 is 9.18 Å². The molecule has 0 spiro atoms. The number of piperidine rings is 1. The highest BCUT2D eigenvalue weighted by molar-refractivity contribution is 6.42. The molecule has 32 heavy (non-hydrogen) atoms. The number of hydrogen-bond donors (Lipinski definition) is 0. The van der Waals surface area contributed by atoms with Crippen molar-refractivity contribution >= 4 is 29.1 Å². The Hall–Kier alpha value is -1.62. The fourth-order valence-corrected chi connectivity index (χ4v) is 5.94. The van der Waals surface area contributed by atoms with E-state index in [4.69, 9.17) is 23.2 Å². The molecule has 1 amide bonds. The number of benzene rings is 2. The molecule has 0 bridgehead atoms. The lowest BCUT2D eigenvalue weighted by Gasteiger charge is -2.34. The lowest BCUT2D eigenvalue weighted by molar-refractivity contribution is 0.0780. The number of rotatable bonds is 5. The molecule has 2 heterocycles. The van der Waals surface area contributed by atoms with Gasteiger partial charge in [0.2, 0.25) is 0 Å². The Labute approximate surface area is 199 Å². The van der Waals surface area contributed by atoms with Gasteiger partial charge in [-0.15, -0.1) is 0 Å². The maximum absolute atomic E-state index is 13.2. The smallest absolute Gasteiger partial charge is 0.253 e. The van der Waals surface area contributed by atoms with Gasteiger partial charge in [0.1, 0.15) is 5.82 Å². The Morgan fingerprint density at radius 2 is 1.66 bits per heavy atom. The highest BCUT2D eigenvalue weighted by Crippen LogP contribution is 2.45. The number of likely N-dealkylation sites (tertiary alicyclic amines) is 2. The second kappa shape index (κ2) is 9.32. The summed E-state index contributed by atoms with van der Waals surface area (Å²) in [7, 11) is 0. The van der Waals surface area contributed by atoms with Crippen molar-refractivity contribution in [1.29, 1.82) is 0 Å². The molecule has 0 N–H and O–H groups in total. The van der Waals surface area contributed by atoms with Crippen molar-refractivity contribution in [2.45, 2.75) is 31.6 Å². The molecule has 170 valence electrons. The molecule has 1 aliphatic carbocycles. The van der Waals surface area contributed by atoms with Crippen LogP contribution in [0.4, 0.5) is 4.39 Å². The molecule has 2 aromatic rings. The van der Waals surface area contributed by atoms with Gasteiger partial charge in [-0.1, -0.05) is 35.3 Å². The summed E-state index contributed by atoms with van der Waals surface area (Å²) in [6.45, 7) is 4.86. The van der Waals surface area contributed by atoms with Crippen LogP contribution >= 0.6 is 23.2 Å². The van der Waals surface area contributed by atoms with Crippen molar-refractivity contribution in [3.8, 4) is 0 Å². The third-order valence-electron chi connectivity index (χ3n) is 7.59. The first-order valence-corrected chi connectivity index (χ1v) is 12.5. The van der Waals surface area contributed by atoms with Gasteiger partial charge in [0.15, 0.2) is 0 Å². The molecule has 2 aliphatic heterocycles. The zero-order chi connectivity index (χ0) is 22.2. The van der Waals surface area contributed by atoms with E-state index in [0.717, 1.165) is 51.5 Å². The predicted octanol–water partition coefficient (Wildman–Crippen LogP) is 6.11. The van der Waals surface area contributed by atoms with Gasteiger partial charge in [0.05, 0.1) is 10.0 Å². The molecule has 2 atom stereocenters. The fourth-order valence-electron chi connectivity index (χ4n) is 5.64. The number of hydrogen-bond acceptors (Lipinski definition) is 2. The summed E-state index contributed by atoms with van der Waals surface area (Å²) in [5.74, 6) is 2.30. The lowest BCUT2D eigenvalue weighted by atomic mass is 9.87. The average molecular weight is 475 g/mol. The van der Waals surface area contributed by atoms with Gasteiger partial charge in [-0.25, -0.2) is 4.39 Å². The van der Waals surface area contributed by atoms with Crippen LogP contribution in [0.5, 0.6) is 0 Å². The first-order valence-electron chi connectivity index (χ1n) is 11.7. The summed E-state index contributed by atoms with van der Waals surface area (Å²) in [5, 5.41) is 0.901. The minimum atomic E-state index is -0.168. The van der Waals surface area contributed by atoms with Crippen molar-refractivity contribution in [3.05, 3.63) is 69.5 Å². The summed E-state index contributed by atoms with van der Waals surface area (Å²) in [5.41, 5.74) is 1.87. The van der Waals surface area contributed by atoms with E-state index in [1.165, 1.54) is 18.4 Å². The van der Waals surface area contributed by atoms with E-state index in [0.29, 0.717) is 33.4 Å². The van der Waals surface area contributed by atoms with E-state index >= 15 is 0 Å². The fraction of sp³-hybridized carbons (Fsp3) is 0.500. The van der Waals surface area contributed by atoms with Gasteiger partial charge in [-0.2, -0.15) is 0 Å². The molecule has 2 saturated heterocycles. The predicted molar refractivity (Wildman–Crippen MR) is 127 cm³/mol. The number of nitrogens with zero attached hydrogens (tertiary/aromatic N) is 2. The molecule has 6 heteroatoms. The van der Waals surface area contributed by atoms with Crippen molar-refractivity contribution in [1.82, 2.24) is 9.80 Å². The van der Waals surface area contributed by atoms with Crippen LogP contribution in [0.1, 0.15) is 47.5 Å². The maximum Gasteiger partial charge on any atom is 0.253 e. The van der Waals surface area contributed by atoms with E-state index in [2.05, 4.69) is 4.90 Å². The van der Waals surface area contributed by atoms with Gasteiger partial charge in [-0.05, 0) is 98.3 Å². The Balaban J connectivity index is 1.20. The summed E-state index contributed by atoms with van der Waals surface area (Å²) in [4.78, 5) is 17.7. The minimum absolute atomic E-state index is 0.0618. The second-order valence-corrected chi connectivity index (χ2v) is 10.5. The molecule has 0 unspecified atom stereocenters. The zero-order valence-electron chi connectivity index (χ0n) is 18.2. The summed E-state index contributed by atoms with van der Waals surface area (Å²) in [6.07, 6.45) is 4.81. The average Bonchev–Trinajstić information content (AvgIpc) is 3.56. The molecular formula is C26H29Cl2FN2O. The Kier molecular flexibility index (Phi) is 6.46. The summed E-state index contributed by atoms with van der Waals surface area (Å²) >= 11 is 12.2. The van der Waals surface area contributed by atoms with Crippen molar-refractivity contribution in [2.75, 3.05) is 32.7 Å². The van der Waals surface area contributed by atoms with Crippen LogP contribution in [0.2, 0.25) is 10.0 Å². The van der Waals surface area contributed by atoms with Crippen LogP contribution in [-0.2, 0) is 0 Å². The second-order valence-electron chi connectivity index (χ2n) is 9.73. The molecular weight excluding hydrogens is 446 g/mol.